The van der Waals surface area contributed by atoms with Gasteiger partial charge in [-0.05, 0) is 32.9 Å². The average Bonchev–Trinajstić information content (AvgIpc) is 2.14. The average molecular weight is 278 g/mol. The van der Waals surface area contributed by atoms with Crippen molar-refractivity contribution >= 4 is 21.6 Å². The van der Waals surface area contributed by atoms with E-state index in [4.69, 9.17) is 5.26 Å². The second-order valence-corrected chi connectivity index (χ2v) is 8.22. The zero-order valence-electron chi connectivity index (χ0n) is 11.0. The van der Waals surface area contributed by atoms with Gasteiger partial charge in [-0.1, -0.05) is 0 Å². The van der Waals surface area contributed by atoms with Gasteiger partial charge in [-0.2, -0.15) is 17.0 Å². The zero-order valence-corrected chi connectivity index (χ0v) is 12.6. The van der Waals surface area contributed by atoms with Crippen LogP contribution in [0.2, 0.25) is 0 Å². The third kappa shape index (κ3) is 9.45. The molecule has 1 unspecified atom stereocenters. The minimum absolute atomic E-state index is 0.207. The Morgan fingerprint density at radius 1 is 1.41 bits per heavy atom. The Balaban J connectivity index is 3.90. The monoisotopic (exact) mass is 278 g/mol. The van der Waals surface area contributed by atoms with Crippen LogP contribution in [0.3, 0.4) is 0 Å². The molecule has 0 saturated carbocycles. The van der Waals surface area contributed by atoms with Crippen molar-refractivity contribution < 1.29 is 8.42 Å². The van der Waals surface area contributed by atoms with E-state index in [0.29, 0.717) is 5.75 Å². The van der Waals surface area contributed by atoms with Gasteiger partial charge in [0.1, 0.15) is 15.4 Å². The predicted molar refractivity (Wildman–Crippen MR) is 73.9 cm³/mol. The number of sulfone groups is 1. The number of hydrogen-bond acceptors (Lipinski definition) is 5. The van der Waals surface area contributed by atoms with E-state index in [1.807, 2.05) is 20.8 Å². The fraction of sp³-hybridized carbons (Fsp3) is 0.909. The van der Waals surface area contributed by atoms with Crippen LogP contribution < -0.4 is 5.32 Å². The van der Waals surface area contributed by atoms with E-state index in [9.17, 15) is 8.42 Å². The maximum atomic E-state index is 10.9. The SMILES string of the molecule is CC(C)NC(C)(C#N)CCSCCS(C)(=O)=O. The van der Waals surface area contributed by atoms with Crippen LogP contribution in [0.25, 0.3) is 0 Å². The van der Waals surface area contributed by atoms with Crippen molar-refractivity contribution in [2.45, 2.75) is 38.8 Å². The van der Waals surface area contributed by atoms with Gasteiger partial charge in [-0.15, -0.1) is 0 Å². The summed E-state index contributed by atoms with van der Waals surface area (Å²) in [5, 5.41) is 12.3. The third-order valence-corrected chi connectivity index (χ3v) is 4.39. The molecule has 0 aliphatic rings. The molecule has 1 atom stereocenters. The molecule has 17 heavy (non-hydrogen) atoms. The van der Waals surface area contributed by atoms with E-state index >= 15 is 0 Å². The molecule has 4 nitrogen and oxygen atoms in total. The maximum Gasteiger partial charge on any atom is 0.148 e. The summed E-state index contributed by atoms with van der Waals surface area (Å²) in [6.45, 7) is 5.89. The molecule has 0 bridgehead atoms. The van der Waals surface area contributed by atoms with Crippen molar-refractivity contribution in [3.8, 4) is 6.07 Å². The molecule has 0 radical (unpaired) electrons. The molecule has 0 amide bonds. The summed E-state index contributed by atoms with van der Waals surface area (Å²) in [4.78, 5) is 0. The highest BCUT2D eigenvalue weighted by Gasteiger charge is 2.23. The van der Waals surface area contributed by atoms with E-state index in [1.54, 1.807) is 11.8 Å². The molecule has 0 aliphatic carbocycles. The molecule has 0 fully saturated rings. The summed E-state index contributed by atoms with van der Waals surface area (Å²) in [6, 6.07) is 2.54. The largest absolute Gasteiger partial charge is 0.297 e. The van der Waals surface area contributed by atoms with Gasteiger partial charge < -0.3 is 0 Å². The van der Waals surface area contributed by atoms with E-state index < -0.39 is 15.4 Å². The lowest BCUT2D eigenvalue weighted by atomic mass is 10.0. The molecule has 0 heterocycles. The summed E-state index contributed by atoms with van der Waals surface area (Å²) in [5.41, 5.74) is -0.522. The number of rotatable bonds is 8. The minimum atomic E-state index is -2.87. The van der Waals surface area contributed by atoms with Crippen molar-refractivity contribution in [2.75, 3.05) is 23.5 Å². The number of hydrogen-bond donors (Lipinski definition) is 1. The van der Waals surface area contributed by atoms with E-state index in [-0.39, 0.29) is 11.8 Å². The van der Waals surface area contributed by atoms with Crippen molar-refractivity contribution in [3.05, 3.63) is 0 Å². The van der Waals surface area contributed by atoms with E-state index in [0.717, 1.165) is 12.2 Å². The zero-order chi connectivity index (χ0) is 13.5. The molecule has 0 spiro atoms. The Kier molecular flexibility index (Phi) is 7.14. The molecule has 0 saturated heterocycles. The second-order valence-electron chi connectivity index (χ2n) is 4.74. The van der Waals surface area contributed by atoms with E-state index in [1.165, 1.54) is 6.26 Å². The quantitative estimate of drug-likeness (QED) is 0.680. The Bertz CT molecular complexity index is 360. The smallest absolute Gasteiger partial charge is 0.148 e. The molecule has 0 rings (SSSR count). The minimum Gasteiger partial charge on any atom is -0.297 e. The molecule has 0 aromatic heterocycles. The van der Waals surface area contributed by atoms with Crippen LogP contribution in [-0.2, 0) is 9.84 Å². The summed E-state index contributed by atoms with van der Waals surface area (Å²) >= 11 is 1.58. The Morgan fingerprint density at radius 3 is 2.41 bits per heavy atom. The van der Waals surface area contributed by atoms with Crippen molar-refractivity contribution in [2.24, 2.45) is 0 Å². The Morgan fingerprint density at radius 2 is 2.00 bits per heavy atom. The highest BCUT2D eigenvalue weighted by molar-refractivity contribution is 8.00. The first-order chi connectivity index (χ1) is 7.68. The lowest BCUT2D eigenvalue weighted by molar-refractivity contribution is 0.397. The van der Waals surface area contributed by atoms with Crippen LogP contribution >= 0.6 is 11.8 Å². The number of thioether (sulfide) groups is 1. The Labute approximate surface area is 109 Å². The first kappa shape index (κ1) is 16.8. The van der Waals surface area contributed by atoms with Gasteiger partial charge in [-0.25, -0.2) is 8.42 Å². The van der Waals surface area contributed by atoms with Crippen LogP contribution in [0.15, 0.2) is 0 Å². The molecular weight excluding hydrogens is 256 g/mol. The van der Waals surface area contributed by atoms with Gasteiger partial charge in [0.25, 0.3) is 0 Å². The Hall–Kier alpha value is -0.250. The van der Waals surface area contributed by atoms with Crippen molar-refractivity contribution in [1.29, 1.82) is 5.26 Å². The van der Waals surface area contributed by atoms with Crippen LogP contribution in [0, 0.1) is 11.3 Å². The maximum absolute atomic E-state index is 10.9. The predicted octanol–water partition coefficient (Wildman–Crippen LogP) is 1.43. The molecule has 0 aromatic rings. The topological polar surface area (TPSA) is 70.0 Å². The first-order valence-electron chi connectivity index (χ1n) is 5.63. The standard InChI is InChI=1S/C11H22N2O2S2/c1-10(2)13-11(3,9-12)5-6-16-7-8-17(4,14)15/h10,13H,5-8H2,1-4H3. The van der Waals surface area contributed by atoms with Crippen molar-refractivity contribution in [3.63, 3.8) is 0 Å². The highest BCUT2D eigenvalue weighted by atomic mass is 32.2. The van der Waals surface area contributed by atoms with Gasteiger partial charge in [-0.3, -0.25) is 5.32 Å². The second kappa shape index (κ2) is 7.24. The highest BCUT2D eigenvalue weighted by Crippen LogP contribution is 2.14. The number of nitrogens with one attached hydrogen (secondary N) is 1. The fourth-order valence-electron chi connectivity index (χ4n) is 1.39. The van der Waals surface area contributed by atoms with E-state index in [2.05, 4.69) is 11.4 Å². The third-order valence-electron chi connectivity index (χ3n) is 2.20. The normalized spacial score (nSPS) is 15.5. The van der Waals surface area contributed by atoms with Gasteiger partial charge >= 0.3 is 0 Å². The summed E-state index contributed by atoms with van der Waals surface area (Å²) in [5.74, 6) is 1.60. The number of nitrogens with zero attached hydrogens (tertiary/aromatic N) is 1. The van der Waals surface area contributed by atoms with Crippen LogP contribution in [-0.4, -0.2) is 43.5 Å². The van der Waals surface area contributed by atoms with Gasteiger partial charge in [0.15, 0.2) is 0 Å². The van der Waals surface area contributed by atoms with Gasteiger partial charge in [0, 0.05) is 18.1 Å². The molecule has 0 aliphatic heterocycles. The lowest BCUT2D eigenvalue weighted by Crippen LogP contribution is -2.45. The lowest BCUT2D eigenvalue weighted by Gasteiger charge is -2.25. The van der Waals surface area contributed by atoms with Crippen LogP contribution in [0.1, 0.15) is 27.2 Å². The summed E-state index contributed by atoms with van der Waals surface area (Å²) in [6.07, 6.45) is 1.96. The van der Waals surface area contributed by atoms with Crippen LogP contribution in [0.5, 0.6) is 0 Å². The van der Waals surface area contributed by atoms with Crippen molar-refractivity contribution in [1.82, 2.24) is 5.32 Å². The van der Waals surface area contributed by atoms with Crippen LogP contribution in [0.4, 0.5) is 0 Å². The summed E-state index contributed by atoms with van der Waals surface area (Å²) in [7, 11) is -2.87. The molecule has 0 aromatic carbocycles. The van der Waals surface area contributed by atoms with Gasteiger partial charge in [0.05, 0.1) is 11.8 Å². The molecular formula is C11H22N2O2S2. The van der Waals surface area contributed by atoms with Gasteiger partial charge in [0.2, 0.25) is 0 Å². The number of nitriles is 1. The first-order valence-corrected chi connectivity index (χ1v) is 8.84. The molecule has 6 heteroatoms. The fourth-order valence-corrected chi connectivity index (χ4v) is 3.83. The summed E-state index contributed by atoms with van der Waals surface area (Å²) < 4.78 is 21.8. The molecule has 100 valence electrons. The molecule has 1 N–H and O–H groups in total.